The summed E-state index contributed by atoms with van der Waals surface area (Å²) in [6.07, 6.45) is 1.84. The number of amides is 1. The molecule has 1 amide bonds. The number of rotatable bonds is 6. The Morgan fingerprint density at radius 2 is 1.48 bits per heavy atom. The van der Waals surface area contributed by atoms with Gasteiger partial charge in [0.25, 0.3) is 0 Å². The number of hydrogen-bond acceptors (Lipinski definition) is 2. The predicted molar refractivity (Wildman–Crippen MR) is 123 cm³/mol. The van der Waals surface area contributed by atoms with Crippen molar-refractivity contribution in [3.05, 3.63) is 102 Å². The molecule has 0 aromatic heterocycles. The Balaban J connectivity index is 1.71. The molecule has 3 aromatic carbocycles. The topological polar surface area (TPSA) is 23.6 Å². The van der Waals surface area contributed by atoms with Gasteiger partial charge in [-0.3, -0.25) is 14.6 Å². The largest absolute Gasteiger partial charge is 0.299 e. The van der Waals surface area contributed by atoms with Gasteiger partial charge in [0.2, 0.25) is 5.91 Å². The second-order valence-corrected chi connectivity index (χ2v) is 8.19. The standard InChI is InChI=1S/C27H29FN2O/c1-2-26(31)30(25-16-10-9-15-24(25)28)27(23-13-7-4-8-14-23)17-19-29(20-18-27)21-22-11-5-3-6-12-22/h3-16H,2,17-21H2,1H3. The van der Waals surface area contributed by atoms with E-state index in [9.17, 15) is 9.18 Å². The number of piperidine rings is 1. The monoisotopic (exact) mass is 416 g/mol. The van der Waals surface area contributed by atoms with Crippen LogP contribution in [0.1, 0.15) is 37.3 Å². The van der Waals surface area contributed by atoms with Gasteiger partial charge in [-0.05, 0) is 36.1 Å². The molecular weight excluding hydrogens is 387 g/mol. The van der Waals surface area contributed by atoms with E-state index in [0.717, 1.165) is 38.0 Å². The van der Waals surface area contributed by atoms with Gasteiger partial charge < -0.3 is 0 Å². The number of carbonyl (C=O) groups is 1. The minimum Gasteiger partial charge on any atom is -0.299 e. The highest BCUT2D eigenvalue weighted by Crippen LogP contribution is 2.43. The molecule has 4 rings (SSSR count). The van der Waals surface area contributed by atoms with Gasteiger partial charge in [-0.25, -0.2) is 4.39 Å². The first kappa shape index (κ1) is 21.3. The Morgan fingerprint density at radius 1 is 0.903 bits per heavy atom. The van der Waals surface area contributed by atoms with Crippen LogP contribution in [0.3, 0.4) is 0 Å². The van der Waals surface area contributed by atoms with Crippen LogP contribution in [0.4, 0.5) is 10.1 Å². The molecule has 1 fully saturated rings. The number of benzene rings is 3. The zero-order valence-corrected chi connectivity index (χ0v) is 18.0. The zero-order valence-electron chi connectivity index (χ0n) is 18.0. The normalized spacial score (nSPS) is 16.1. The molecule has 0 radical (unpaired) electrons. The molecule has 0 atom stereocenters. The fourth-order valence-corrected chi connectivity index (χ4v) is 4.71. The van der Waals surface area contributed by atoms with Crippen LogP contribution in [0, 0.1) is 5.82 Å². The number of halogens is 1. The summed E-state index contributed by atoms with van der Waals surface area (Å²) in [5.74, 6) is -0.406. The van der Waals surface area contributed by atoms with Crippen LogP contribution in [0.15, 0.2) is 84.9 Å². The lowest BCUT2D eigenvalue weighted by Crippen LogP contribution is -2.55. The highest BCUT2D eigenvalue weighted by molar-refractivity contribution is 5.95. The molecule has 0 aliphatic carbocycles. The molecule has 1 aliphatic rings. The number of anilines is 1. The Hall–Kier alpha value is -2.98. The van der Waals surface area contributed by atoms with Crippen LogP contribution in [0.25, 0.3) is 0 Å². The predicted octanol–water partition coefficient (Wildman–Crippen LogP) is 5.76. The lowest BCUT2D eigenvalue weighted by atomic mass is 9.78. The maximum atomic E-state index is 14.9. The quantitative estimate of drug-likeness (QED) is 0.510. The SMILES string of the molecule is CCC(=O)N(c1ccccc1F)C1(c2ccccc2)CCN(Cc2ccccc2)CC1. The molecule has 1 heterocycles. The maximum Gasteiger partial charge on any atom is 0.227 e. The summed E-state index contributed by atoms with van der Waals surface area (Å²) in [5.41, 5.74) is 2.16. The number of carbonyl (C=O) groups excluding carboxylic acids is 1. The Morgan fingerprint density at radius 3 is 2.10 bits per heavy atom. The van der Waals surface area contributed by atoms with E-state index in [1.165, 1.54) is 11.6 Å². The average molecular weight is 417 g/mol. The molecule has 3 aromatic rings. The number of nitrogens with zero attached hydrogens (tertiary/aromatic N) is 2. The number of para-hydroxylation sites is 1. The number of likely N-dealkylation sites (tertiary alicyclic amines) is 1. The van der Waals surface area contributed by atoms with Gasteiger partial charge in [-0.15, -0.1) is 0 Å². The maximum absolute atomic E-state index is 14.9. The van der Waals surface area contributed by atoms with Crippen molar-refractivity contribution >= 4 is 11.6 Å². The van der Waals surface area contributed by atoms with E-state index >= 15 is 0 Å². The van der Waals surface area contributed by atoms with Gasteiger partial charge in [0, 0.05) is 26.1 Å². The molecule has 3 nitrogen and oxygen atoms in total. The summed E-state index contributed by atoms with van der Waals surface area (Å²) in [7, 11) is 0. The van der Waals surface area contributed by atoms with E-state index in [0.29, 0.717) is 12.1 Å². The van der Waals surface area contributed by atoms with Crippen molar-refractivity contribution in [2.45, 2.75) is 38.3 Å². The summed E-state index contributed by atoms with van der Waals surface area (Å²) >= 11 is 0. The Labute approximate surface area is 184 Å². The Bertz CT molecular complexity index is 998. The van der Waals surface area contributed by atoms with Crippen molar-refractivity contribution in [2.75, 3.05) is 18.0 Å². The molecule has 1 saturated heterocycles. The van der Waals surface area contributed by atoms with E-state index in [4.69, 9.17) is 0 Å². The third-order valence-corrected chi connectivity index (χ3v) is 6.32. The van der Waals surface area contributed by atoms with Crippen LogP contribution < -0.4 is 4.90 Å². The van der Waals surface area contributed by atoms with E-state index in [2.05, 4.69) is 41.3 Å². The van der Waals surface area contributed by atoms with Crippen molar-refractivity contribution in [3.63, 3.8) is 0 Å². The van der Waals surface area contributed by atoms with Crippen molar-refractivity contribution in [1.82, 2.24) is 4.90 Å². The molecule has 4 heteroatoms. The molecule has 1 aliphatic heterocycles. The molecule has 31 heavy (non-hydrogen) atoms. The van der Waals surface area contributed by atoms with Crippen molar-refractivity contribution in [1.29, 1.82) is 0 Å². The van der Waals surface area contributed by atoms with Crippen LogP contribution >= 0.6 is 0 Å². The second-order valence-electron chi connectivity index (χ2n) is 8.19. The minimum absolute atomic E-state index is 0.0505. The smallest absolute Gasteiger partial charge is 0.227 e. The summed E-state index contributed by atoms with van der Waals surface area (Å²) in [4.78, 5) is 17.4. The van der Waals surface area contributed by atoms with E-state index in [-0.39, 0.29) is 11.7 Å². The van der Waals surface area contributed by atoms with Gasteiger partial charge in [0.1, 0.15) is 5.82 Å². The minimum atomic E-state index is -0.566. The van der Waals surface area contributed by atoms with Gasteiger partial charge >= 0.3 is 0 Å². The van der Waals surface area contributed by atoms with E-state index in [1.54, 1.807) is 23.1 Å². The third-order valence-electron chi connectivity index (χ3n) is 6.32. The van der Waals surface area contributed by atoms with Crippen LogP contribution in [0.2, 0.25) is 0 Å². The molecular formula is C27H29FN2O. The second kappa shape index (κ2) is 9.44. The highest BCUT2D eigenvalue weighted by Gasteiger charge is 2.44. The molecule has 0 N–H and O–H groups in total. The summed E-state index contributed by atoms with van der Waals surface area (Å²) in [6, 6.07) is 27.2. The Kier molecular flexibility index (Phi) is 6.47. The summed E-state index contributed by atoms with van der Waals surface area (Å²) in [6.45, 7) is 4.41. The number of hydrogen-bond donors (Lipinski definition) is 0. The van der Waals surface area contributed by atoms with Crippen molar-refractivity contribution < 1.29 is 9.18 Å². The summed E-state index contributed by atoms with van der Waals surface area (Å²) in [5, 5.41) is 0. The molecule has 0 unspecified atom stereocenters. The van der Waals surface area contributed by atoms with Gasteiger partial charge in [-0.1, -0.05) is 79.7 Å². The lowest BCUT2D eigenvalue weighted by Gasteiger charge is -2.49. The molecule has 0 bridgehead atoms. The molecule has 0 spiro atoms. The fourth-order valence-electron chi connectivity index (χ4n) is 4.71. The summed E-state index contributed by atoms with van der Waals surface area (Å²) < 4.78 is 14.9. The van der Waals surface area contributed by atoms with Gasteiger partial charge in [0.15, 0.2) is 0 Å². The van der Waals surface area contributed by atoms with Gasteiger partial charge in [0.05, 0.1) is 11.2 Å². The fraction of sp³-hybridized carbons (Fsp3) is 0.296. The first-order valence-electron chi connectivity index (χ1n) is 11.0. The first-order valence-corrected chi connectivity index (χ1v) is 11.0. The van der Waals surface area contributed by atoms with Crippen molar-refractivity contribution in [3.8, 4) is 0 Å². The van der Waals surface area contributed by atoms with Crippen molar-refractivity contribution in [2.24, 2.45) is 0 Å². The third kappa shape index (κ3) is 4.40. The highest BCUT2D eigenvalue weighted by atomic mass is 19.1. The molecule has 160 valence electrons. The molecule has 0 saturated carbocycles. The van der Waals surface area contributed by atoms with Crippen LogP contribution in [-0.4, -0.2) is 23.9 Å². The van der Waals surface area contributed by atoms with Gasteiger partial charge in [-0.2, -0.15) is 0 Å². The first-order chi connectivity index (χ1) is 15.1. The average Bonchev–Trinajstić information content (AvgIpc) is 2.83. The van der Waals surface area contributed by atoms with E-state index in [1.807, 2.05) is 31.2 Å². The van der Waals surface area contributed by atoms with E-state index < -0.39 is 5.54 Å². The van der Waals surface area contributed by atoms with Crippen LogP contribution in [-0.2, 0) is 16.9 Å². The van der Waals surface area contributed by atoms with Crippen LogP contribution in [0.5, 0.6) is 0 Å². The zero-order chi connectivity index (χ0) is 21.7. The lowest BCUT2D eigenvalue weighted by molar-refractivity contribution is -0.120.